The molecule has 0 amide bonds. The van der Waals surface area contributed by atoms with E-state index in [2.05, 4.69) is 37.2 Å². The average Bonchev–Trinajstić information content (AvgIpc) is 3.04. The summed E-state index contributed by atoms with van der Waals surface area (Å²) in [6, 6.07) is 3.50. The first-order valence-corrected chi connectivity index (χ1v) is 13.0. The fourth-order valence-corrected chi connectivity index (χ4v) is 5.40. The van der Waals surface area contributed by atoms with E-state index < -0.39 is 24.4 Å². The van der Waals surface area contributed by atoms with Crippen LogP contribution in [0.3, 0.4) is 0 Å². The molecule has 1 aliphatic carbocycles. The Morgan fingerprint density at radius 3 is 2.52 bits per heavy atom. The monoisotopic (exact) mass is 383 g/mol. The molecular formula is C16H29N3O4Si2. The number of nitrogens with zero attached hydrogens (tertiary/aromatic N) is 2. The highest BCUT2D eigenvalue weighted by Gasteiger charge is 2.42. The fourth-order valence-electron chi connectivity index (χ4n) is 3.55. The van der Waals surface area contributed by atoms with Gasteiger partial charge in [-0.25, -0.2) is 4.98 Å². The van der Waals surface area contributed by atoms with Crippen molar-refractivity contribution in [3.8, 4) is 0 Å². The van der Waals surface area contributed by atoms with E-state index in [9.17, 15) is 10.1 Å². The largest absolute Gasteiger partial charge is 0.400 e. The number of rotatable bonds is 9. The summed E-state index contributed by atoms with van der Waals surface area (Å²) in [5.41, 5.74) is 0.00585. The zero-order valence-corrected chi connectivity index (χ0v) is 18.4. The Morgan fingerprint density at radius 1 is 1.32 bits per heavy atom. The number of aromatic nitrogens is 1. The van der Waals surface area contributed by atoms with Crippen molar-refractivity contribution in [1.82, 2.24) is 4.98 Å². The molecule has 1 fully saturated rings. The highest BCUT2D eigenvalue weighted by atomic mass is 28.2. The van der Waals surface area contributed by atoms with E-state index >= 15 is 0 Å². The van der Waals surface area contributed by atoms with Gasteiger partial charge >= 0.3 is 0 Å². The maximum absolute atomic E-state index is 10.7. The topological polar surface area (TPSA) is 86.5 Å². The molecule has 0 aliphatic heterocycles. The van der Waals surface area contributed by atoms with Gasteiger partial charge in [-0.05, 0) is 31.2 Å². The van der Waals surface area contributed by atoms with Crippen molar-refractivity contribution in [2.75, 3.05) is 5.32 Å². The molecule has 1 saturated carbocycles. The summed E-state index contributed by atoms with van der Waals surface area (Å²) in [4.78, 5) is 14.4. The molecule has 7 nitrogen and oxygen atoms in total. The molecule has 2 atom stereocenters. The van der Waals surface area contributed by atoms with Crippen molar-refractivity contribution in [3.63, 3.8) is 0 Å². The van der Waals surface area contributed by atoms with E-state index in [0.717, 1.165) is 19.3 Å². The van der Waals surface area contributed by atoms with Crippen LogP contribution in [0.15, 0.2) is 18.3 Å². The molecular weight excluding hydrogens is 354 g/mol. The van der Waals surface area contributed by atoms with Gasteiger partial charge in [-0.15, -0.1) is 0 Å². The summed E-state index contributed by atoms with van der Waals surface area (Å²) in [6.45, 7) is 8.79. The Labute approximate surface area is 153 Å². The summed E-state index contributed by atoms with van der Waals surface area (Å²) in [7, 11) is -1.03. The van der Waals surface area contributed by atoms with E-state index in [0.29, 0.717) is 17.8 Å². The highest BCUT2D eigenvalue weighted by molar-refractivity contribution is 6.26. The Balaban J connectivity index is 1.96. The molecule has 0 radical (unpaired) electrons. The van der Waals surface area contributed by atoms with Crippen LogP contribution in [-0.4, -0.2) is 41.8 Å². The van der Waals surface area contributed by atoms with Crippen LogP contribution in [-0.2, 0) is 8.85 Å². The van der Waals surface area contributed by atoms with Gasteiger partial charge in [0.05, 0.1) is 4.92 Å². The number of anilines is 1. The van der Waals surface area contributed by atoms with Crippen LogP contribution < -0.4 is 5.32 Å². The maximum atomic E-state index is 10.7. The van der Waals surface area contributed by atoms with E-state index in [4.69, 9.17) is 8.85 Å². The van der Waals surface area contributed by atoms with Crippen LogP contribution in [0.1, 0.15) is 33.1 Å². The second-order valence-corrected chi connectivity index (χ2v) is 8.90. The van der Waals surface area contributed by atoms with Gasteiger partial charge in [0.25, 0.3) is 5.69 Å². The summed E-state index contributed by atoms with van der Waals surface area (Å²) in [5.74, 6) is 1.22. The van der Waals surface area contributed by atoms with E-state index in [1.54, 1.807) is 6.07 Å². The van der Waals surface area contributed by atoms with Crippen LogP contribution in [0.2, 0.25) is 13.1 Å². The Bertz CT molecular complexity index is 565. The molecule has 0 spiro atoms. The molecule has 1 heterocycles. The summed E-state index contributed by atoms with van der Waals surface area (Å²) >= 11 is 0. The number of nitro groups is 1. The summed E-state index contributed by atoms with van der Waals surface area (Å²) in [5, 5.41) is 14.1. The second kappa shape index (κ2) is 8.88. The number of pyridine rings is 1. The first-order chi connectivity index (χ1) is 11.9. The van der Waals surface area contributed by atoms with E-state index in [-0.39, 0.29) is 17.4 Å². The molecule has 1 aromatic rings. The predicted octanol–water partition coefficient (Wildman–Crippen LogP) is 2.22. The van der Waals surface area contributed by atoms with Gasteiger partial charge in [0, 0.05) is 17.5 Å². The average molecular weight is 384 g/mol. The molecule has 2 rings (SSSR count). The predicted molar refractivity (Wildman–Crippen MR) is 104 cm³/mol. The van der Waals surface area contributed by atoms with Crippen LogP contribution in [0.4, 0.5) is 11.5 Å². The molecule has 25 heavy (non-hydrogen) atoms. The zero-order valence-electron chi connectivity index (χ0n) is 15.5. The molecule has 1 aromatic heterocycles. The molecule has 1 aliphatic rings. The lowest BCUT2D eigenvalue weighted by atomic mass is 9.77. The fraction of sp³-hybridized carbons (Fsp3) is 0.688. The van der Waals surface area contributed by atoms with Crippen molar-refractivity contribution in [2.45, 2.75) is 58.5 Å². The first-order valence-electron chi connectivity index (χ1n) is 8.98. The quantitative estimate of drug-likeness (QED) is 0.304. The van der Waals surface area contributed by atoms with Gasteiger partial charge in [-0.1, -0.05) is 26.9 Å². The van der Waals surface area contributed by atoms with Gasteiger partial charge in [0.2, 0.25) is 0 Å². The van der Waals surface area contributed by atoms with Gasteiger partial charge < -0.3 is 14.2 Å². The van der Waals surface area contributed by atoms with Gasteiger partial charge in [-0.2, -0.15) is 0 Å². The molecule has 1 N–H and O–H groups in total. The van der Waals surface area contributed by atoms with Crippen LogP contribution in [0.5, 0.6) is 0 Å². The number of nitrogens with one attached hydrogen (secondary N) is 1. The third kappa shape index (κ3) is 5.10. The smallest absolute Gasteiger partial charge is 0.287 e. The lowest BCUT2D eigenvalue weighted by molar-refractivity contribution is -0.385. The van der Waals surface area contributed by atoms with Gasteiger partial charge in [0.15, 0.2) is 19.5 Å². The Kier molecular flexibility index (Phi) is 7.11. The summed E-state index contributed by atoms with van der Waals surface area (Å²) in [6.07, 6.45) is 4.44. The third-order valence-corrected chi connectivity index (χ3v) is 6.31. The number of hydrogen-bond donors (Lipinski definition) is 1. The number of hydrogen-bond acceptors (Lipinski definition) is 6. The summed E-state index contributed by atoms with van der Waals surface area (Å²) < 4.78 is 12.0. The first kappa shape index (κ1) is 20.0. The maximum Gasteiger partial charge on any atom is 0.287 e. The van der Waals surface area contributed by atoms with E-state index in [1.807, 2.05) is 0 Å². The molecule has 0 aromatic carbocycles. The minimum atomic E-state index is -0.515. The highest BCUT2D eigenvalue weighted by Crippen LogP contribution is 2.43. The normalized spacial score (nSPS) is 22.9. The SMILES string of the molecule is C[SiH2]OC(O[SiH2]C)C(C)(C)[C@H]1CC[C@H](Nc2ccc([N+](=O)[O-])cn2)C1. The minimum Gasteiger partial charge on any atom is -0.400 e. The minimum absolute atomic E-state index is 0.00858. The molecule has 0 saturated heterocycles. The van der Waals surface area contributed by atoms with Crippen molar-refractivity contribution in [3.05, 3.63) is 28.4 Å². The van der Waals surface area contributed by atoms with Crippen molar-refractivity contribution in [1.29, 1.82) is 0 Å². The van der Waals surface area contributed by atoms with Gasteiger partial charge in [0.1, 0.15) is 18.3 Å². The molecule has 140 valence electrons. The van der Waals surface area contributed by atoms with Crippen molar-refractivity contribution >= 4 is 31.0 Å². The van der Waals surface area contributed by atoms with Gasteiger partial charge in [-0.3, -0.25) is 10.1 Å². The third-order valence-electron chi connectivity index (χ3n) is 5.04. The van der Waals surface area contributed by atoms with Crippen molar-refractivity contribution < 1.29 is 13.8 Å². The standard InChI is InChI=1S/C16H29N3O4Si2/c1-16(2,15(22-24-3)23-25-4)11-5-6-12(9-11)18-14-8-7-13(10-17-14)19(20)21/h7-8,10-12,15H,5-6,9,24-25H2,1-4H3,(H,17,18)/t11-,12-/m0/s1. The van der Waals surface area contributed by atoms with Crippen LogP contribution in [0, 0.1) is 21.4 Å². The Morgan fingerprint density at radius 2 is 2.00 bits per heavy atom. The van der Waals surface area contributed by atoms with Crippen LogP contribution in [0.25, 0.3) is 0 Å². The Hall–Kier alpha value is -1.30. The molecule has 0 bridgehead atoms. The van der Waals surface area contributed by atoms with Crippen molar-refractivity contribution in [2.24, 2.45) is 11.3 Å². The molecule has 9 heteroatoms. The molecule has 0 unspecified atom stereocenters. The van der Waals surface area contributed by atoms with Crippen LogP contribution >= 0.6 is 0 Å². The van der Waals surface area contributed by atoms with E-state index in [1.165, 1.54) is 12.3 Å². The zero-order chi connectivity index (χ0) is 18.4. The lowest BCUT2D eigenvalue weighted by Gasteiger charge is -2.39. The second-order valence-electron chi connectivity index (χ2n) is 7.07. The lowest BCUT2D eigenvalue weighted by Crippen LogP contribution is -2.41.